The Morgan fingerprint density at radius 2 is 1.27 bits per heavy atom. The maximum absolute atomic E-state index is 13.9. The normalized spacial score (nSPS) is 17.4. The molecule has 4 amide bonds. The number of rotatable bonds is 17. The van der Waals surface area contributed by atoms with Crippen molar-refractivity contribution in [2.75, 3.05) is 26.2 Å². The number of likely N-dealkylation sites (tertiary alicyclic amines) is 2. The van der Waals surface area contributed by atoms with Crippen LogP contribution in [-0.2, 0) is 14.3 Å². The molecule has 0 aliphatic carbocycles. The van der Waals surface area contributed by atoms with Crippen molar-refractivity contribution in [3.8, 4) is 33.6 Å². The van der Waals surface area contributed by atoms with Crippen molar-refractivity contribution in [1.29, 1.82) is 0 Å². The lowest BCUT2D eigenvalue weighted by Crippen LogP contribution is -2.53. The van der Waals surface area contributed by atoms with E-state index >= 15 is 0 Å². The predicted molar refractivity (Wildman–Crippen MR) is 231 cm³/mol. The first-order valence-corrected chi connectivity index (χ1v) is 21.0. The smallest absolute Gasteiger partial charge is 0.407 e. The number of benzene rings is 2. The predicted octanol–water partition coefficient (Wildman–Crippen LogP) is 8.37. The first kappa shape index (κ1) is 43.4. The number of imidazole rings is 2. The van der Waals surface area contributed by atoms with Crippen LogP contribution in [0, 0.1) is 11.8 Å². The topological polar surface area (TPSA) is 177 Å². The molecule has 4 atom stereocenters. The van der Waals surface area contributed by atoms with Crippen molar-refractivity contribution in [2.45, 2.75) is 90.4 Å². The zero-order valence-corrected chi connectivity index (χ0v) is 35.1. The van der Waals surface area contributed by atoms with Crippen LogP contribution in [0.4, 0.5) is 9.59 Å². The first-order chi connectivity index (χ1) is 28.9. The van der Waals surface area contributed by atoms with E-state index in [4.69, 9.17) is 14.7 Å². The molecular formula is C46H58N8O6. The number of carbonyl (C=O) groups excluding carboxylic acids is 3. The average molecular weight is 819 g/mol. The van der Waals surface area contributed by atoms with E-state index in [2.05, 4.69) is 52.7 Å². The van der Waals surface area contributed by atoms with Crippen LogP contribution in [0.1, 0.15) is 90.0 Å². The number of alkyl carbamates (subject to hydrolysis) is 1. The van der Waals surface area contributed by atoms with E-state index in [1.54, 1.807) is 29.4 Å². The second-order valence-electron chi connectivity index (χ2n) is 16.2. The molecule has 6 rings (SSSR count). The van der Waals surface area contributed by atoms with Gasteiger partial charge in [0.05, 0.1) is 42.5 Å². The number of hydrogen-bond acceptors (Lipinski definition) is 7. The summed E-state index contributed by atoms with van der Waals surface area (Å²) in [4.78, 5) is 73.4. The summed E-state index contributed by atoms with van der Waals surface area (Å²) in [5, 5.41) is 12.7. The molecule has 318 valence electrons. The van der Waals surface area contributed by atoms with Crippen LogP contribution in [-0.4, -0.2) is 102 Å². The fourth-order valence-corrected chi connectivity index (χ4v) is 8.25. The largest absolute Gasteiger partial charge is 0.465 e. The van der Waals surface area contributed by atoms with Crippen LogP contribution in [0.5, 0.6) is 0 Å². The number of nitrogens with one attached hydrogen (secondary N) is 3. The van der Waals surface area contributed by atoms with Gasteiger partial charge in [-0.25, -0.2) is 19.6 Å². The number of aromatic nitrogens is 4. The van der Waals surface area contributed by atoms with Crippen molar-refractivity contribution in [3.63, 3.8) is 0 Å². The highest BCUT2D eigenvalue weighted by Crippen LogP contribution is 2.35. The molecule has 2 aliphatic heterocycles. The molecule has 0 saturated carbocycles. The lowest BCUT2D eigenvalue weighted by molar-refractivity contribution is -0.139. The van der Waals surface area contributed by atoms with Crippen molar-refractivity contribution >= 4 is 24.0 Å². The van der Waals surface area contributed by atoms with Gasteiger partial charge in [-0.15, -0.1) is 13.2 Å². The molecule has 14 heteroatoms. The van der Waals surface area contributed by atoms with Crippen LogP contribution in [0.3, 0.4) is 0 Å². The summed E-state index contributed by atoms with van der Waals surface area (Å²) in [6, 6.07) is 14.4. The van der Waals surface area contributed by atoms with E-state index in [0.717, 1.165) is 59.3 Å². The van der Waals surface area contributed by atoms with Crippen molar-refractivity contribution in [1.82, 2.24) is 40.0 Å². The second-order valence-corrected chi connectivity index (χ2v) is 16.2. The molecule has 2 saturated heterocycles. The summed E-state index contributed by atoms with van der Waals surface area (Å²) in [6.07, 6.45) is 9.35. The fraction of sp³-hybridized carbons (Fsp3) is 0.435. The number of H-pyrrole nitrogens is 2. The van der Waals surface area contributed by atoms with Crippen molar-refractivity contribution < 1.29 is 29.0 Å². The molecule has 2 fully saturated rings. The molecule has 2 aromatic heterocycles. The minimum atomic E-state index is -1.11. The molecule has 4 heterocycles. The van der Waals surface area contributed by atoms with Gasteiger partial charge in [-0.1, -0.05) is 88.4 Å². The molecular weight excluding hydrogens is 761 g/mol. The van der Waals surface area contributed by atoms with E-state index in [1.165, 1.54) is 4.90 Å². The van der Waals surface area contributed by atoms with E-state index < -0.39 is 24.3 Å². The van der Waals surface area contributed by atoms with Crippen LogP contribution in [0.15, 0.2) is 86.2 Å². The van der Waals surface area contributed by atoms with Gasteiger partial charge in [0, 0.05) is 19.6 Å². The highest BCUT2D eigenvalue weighted by Gasteiger charge is 2.41. The molecule has 1 unspecified atom stereocenters. The quantitative estimate of drug-likeness (QED) is 0.0607. The molecule has 0 bridgehead atoms. The minimum Gasteiger partial charge on any atom is -0.465 e. The van der Waals surface area contributed by atoms with Crippen molar-refractivity contribution in [2.24, 2.45) is 11.8 Å². The molecule has 0 radical (unpaired) electrons. The minimum absolute atomic E-state index is 0.130. The highest BCUT2D eigenvalue weighted by atomic mass is 16.5. The number of amides is 4. The van der Waals surface area contributed by atoms with Gasteiger partial charge >= 0.3 is 12.2 Å². The molecule has 2 aromatic carbocycles. The maximum Gasteiger partial charge on any atom is 0.407 e. The number of carboxylic acid groups (broad SMARTS) is 1. The third kappa shape index (κ3) is 9.81. The fourth-order valence-electron chi connectivity index (χ4n) is 8.25. The Bertz CT molecular complexity index is 2120. The summed E-state index contributed by atoms with van der Waals surface area (Å²) in [6.45, 7) is 16.5. The lowest BCUT2D eigenvalue weighted by Gasteiger charge is -2.35. The lowest BCUT2D eigenvalue weighted by atomic mass is 10.00. The van der Waals surface area contributed by atoms with Crippen LogP contribution in [0.2, 0.25) is 0 Å². The van der Waals surface area contributed by atoms with Gasteiger partial charge in [-0.3, -0.25) is 14.5 Å². The summed E-state index contributed by atoms with van der Waals surface area (Å²) < 4.78 is 5.21. The molecule has 4 N–H and O–H groups in total. The zero-order valence-electron chi connectivity index (χ0n) is 35.1. The molecule has 0 spiro atoms. The summed E-state index contributed by atoms with van der Waals surface area (Å²) in [7, 11) is 0. The van der Waals surface area contributed by atoms with E-state index in [1.807, 2.05) is 56.9 Å². The van der Waals surface area contributed by atoms with E-state index in [-0.39, 0.29) is 48.9 Å². The molecule has 4 aromatic rings. The maximum atomic E-state index is 13.9. The Balaban J connectivity index is 1.10. The Labute approximate surface area is 352 Å². The zero-order chi connectivity index (χ0) is 42.9. The molecule has 14 nitrogen and oxygen atoms in total. The Kier molecular flexibility index (Phi) is 14.3. The van der Waals surface area contributed by atoms with Gasteiger partial charge in [0.25, 0.3) is 0 Å². The third-order valence-electron chi connectivity index (χ3n) is 11.4. The first-order valence-electron chi connectivity index (χ1n) is 21.0. The molecule has 2 aliphatic rings. The van der Waals surface area contributed by atoms with E-state index in [0.29, 0.717) is 37.6 Å². The number of aromatic amines is 2. The van der Waals surface area contributed by atoms with Crippen LogP contribution in [0.25, 0.3) is 33.6 Å². The summed E-state index contributed by atoms with van der Waals surface area (Å²) in [5.74, 6) is 0.723. The standard InChI is InChI=1S/C46H58N8O6/c1-7-9-23-54(46(58)59)40(30(5)6)44(56)53-25-12-14-38(53)42-48-28-36(50-42)34-21-17-32(18-22-34)31-15-19-33(20-16-31)35-27-47-41(49-35)37-13-11-24-52(37)43(55)39(29(3)4)51-45(57)60-26-10-8-2/h7-8,15-22,27-30,37-40H,1-2,9-14,23-26H2,3-6H3,(H,47,49)(H,48,50)(H,51,57)(H,58,59)/t37?,38-,39-,40-/m0/s1. The monoisotopic (exact) mass is 818 g/mol. The van der Waals surface area contributed by atoms with Gasteiger partial charge in [0.2, 0.25) is 11.8 Å². The van der Waals surface area contributed by atoms with E-state index in [9.17, 15) is 24.3 Å². The summed E-state index contributed by atoms with van der Waals surface area (Å²) in [5.41, 5.74) is 5.68. The SMILES string of the molecule is C=CCCOC(=O)N[C@H](C(=O)N1CCCC1c1ncc(-c2ccc(-c3ccc(-c4cnc([C@@H]5CCCN5C(=O)[C@H](C(C)C)N(CCC=C)C(=O)O)[nH]4)cc3)cc2)[nH]1)C(C)C. The van der Waals surface area contributed by atoms with Crippen LogP contribution < -0.4 is 5.32 Å². The Hall–Kier alpha value is -6.18. The second kappa shape index (κ2) is 19.7. The highest BCUT2D eigenvalue weighted by molar-refractivity contribution is 5.87. The summed E-state index contributed by atoms with van der Waals surface area (Å²) >= 11 is 0. The van der Waals surface area contributed by atoms with Gasteiger partial charge in [0.15, 0.2) is 0 Å². The Morgan fingerprint density at radius 1 is 0.783 bits per heavy atom. The molecule has 60 heavy (non-hydrogen) atoms. The average Bonchev–Trinajstić information content (AvgIpc) is 4.08. The number of hydrogen-bond donors (Lipinski definition) is 4. The van der Waals surface area contributed by atoms with Gasteiger partial charge in [-0.05, 0) is 72.6 Å². The number of carbonyl (C=O) groups is 4. The van der Waals surface area contributed by atoms with Crippen LogP contribution >= 0.6 is 0 Å². The Morgan fingerprint density at radius 3 is 1.72 bits per heavy atom. The van der Waals surface area contributed by atoms with Gasteiger partial charge < -0.3 is 34.9 Å². The number of ether oxygens (including phenoxy) is 1. The van der Waals surface area contributed by atoms with Gasteiger partial charge in [0.1, 0.15) is 23.7 Å². The van der Waals surface area contributed by atoms with Crippen molar-refractivity contribution in [3.05, 3.63) is 97.9 Å². The number of nitrogens with zero attached hydrogens (tertiary/aromatic N) is 5. The third-order valence-corrected chi connectivity index (χ3v) is 11.4. The van der Waals surface area contributed by atoms with Gasteiger partial charge in [-0.2, -0.15) is 0 Å².